The van der Waals surface area contributed by atoms with Crippen molar-refractivity contribution < 1.29 is 4.74 Å². The van der Waals surface area contributed by atoms with Crippen LogP contribution in [-0.2, 0) is 0 Å². The van der Waals surface area contributed by atoms with Crippen molar-refractivity contribution >= 4 is 0 Å². The first-order chi connectivity index (χ1) is 7.27. The number of hydrogen-bond acceptors (Lipinski definition) is 3. The minimum atomic E-state index is 0.306. The Morgan fingerprint density at radius 3 is 2.73 bits per heavy atom. The summed E-state index contributed by atoms with van der Waals surface area (Å²) < 4.78 is 5.34. The van der Waals surface area contributed by atoms with E-state index in [9.17, 15) is 0 Å². The lowest BCUT2D eigenvalue weighted by molar-refractivity contribution is 0.338. The Morgan fingerprint density at radius 1 is 1.40 bits per heavy atom. The zero-order valence-corrected chi connectivity index (χ0v) is 9.79. The van der Waals surface area contributed by atoms with Crippen molar-refractivity contribution in [3.8, 4) is 5.75 Å². The van der Waals surface area contributed by atoms with E-state index in [0.717, 1.165) is 24.4 Å². The van der Waals surface area contributed by atoms with Crippen molar-refractivity contribution in [3.63, 3.8) is 0 Å². The van der Waals surface area contributed by atoms with Crippen LogP contribution in [-0.4, -0.2) is 18.1 Å². The van der Waals surface area contributed by atoms with Gasteiger partial charge in [0.1, 0.15) is 5.75 Å². The third-order valence-electron chi connectivity index (χ3n) is 2.21. The molecule has 0 aliphatic rings. The number of rotatable bonds is 6. The first kappa shape index (κ1) is 12.0. The number of hydrogen-bond donors (Lipinski definition) is 1. The number of nitrogens with one attached hydrogen (secondary N) is 1. The summed E-state index contributed by atoms with van der Waals surface area (Å²) in [5.74, 6) is 0.837. The summed E-state index contributed by atoms with van der Waals surface area (Å²) >= 11 is 0. The third kappa shape index (κ3) is 3.88. The fourth-order valence-electron chi connectivity index (χ4n) is 1.37. The minimum Gasteiger partial charge on any atom is -0.492 e. The van der Waals surface area contributed by atoms with Crippen LogP contribution in [0.3, 0.4) is 0 Å². The molecular weight excluding hydrogens is 188 g/mol. The molecule has 0 aromatic carbocycles. The van der Waals surface area contributed by atoms with Crippen molar-refractivity contribution in [2.45, 2.75) is 33.2 Å². The number of aromatic nitrogens is 1. The van der Waals surface area contributed by atoms with Gasteiger partial charge in [-0.1, -0.05) is 6.92 Å². The topological polar surface area (TPSA) is 34.1 Å². The van der Waals surface area contributed by atoms with E-state index in [0.29, 0.717) is 12.6 Å². The molecular formula is C12H20N2O. The molecule has 1 rings (SSSR count). The van der Waals surface area contributed by atoms with Gasteiger partial charge >= 0.3 is 0 Å². The van der Waals surface area contributed by atoms with Gasteiger partial charge in [0.25, 0.3) is 0 Å². The van der Waals surface area contributed by atoms with Crippen molar-refractivity contribution in [2.75, 3.05) is 13.2 Å². The maximum atomic E-state index is 5.34. The predicted molar refractivity (Wildman–Crippen MR) is 62.1 cm³/mol. The van der Waals surface area contributed by atoms with Crippen LogP contribution in [0.15, 0.2) is 18.3 Å². The first-order valence-corrected chi connectivity index (χ1v) is 5.60. The van der Waals surface area contributed by atoms with Gasteiger partial charge in [-0.2, -0.15) is 0 Å². The van der Waals surface area contributed by atoms with Gasteiger partial charge in [0, 0.05) is 6.04 Å². The molecule has 0 aliphatic carbocycles. The van der Waals surface area contributed by atoms with Crippen LogP contribution >= 0.6 is 0 Å². The van der Waals surface area contributed by atoms with Crippen LogP contribution in [0.2, 0.25) is 0 Å². The molecule has 1 aromatic rings. The average molecular weight is 208 g/mol. The molecule has 0 saturated heterocycles. The molecule has 1 aromatic heterocycles. The van der Waals surface area contributed by atoms with Crippen LogP contribution in [0.25, 0.3) is 0 Å². The Kier molecular flexibility index (Phi) is 5.12. The van der Waals surface area contributed by atoms with E-state index >= 15 is 0 Å². The summed E-state index contributed by atoms with van der Waals surface area (Å²) in [5.41, 5.74) is 1.06. The second-order valence-corrected chi connectivity index (χ2v) is 3.53. The summed E-state index contributed by atoms with van der Waals surface area (Å²) in [7, 11) is 0. The van der Waals surface area contributed by atoms with E-state index in [-0.39, 0.29) is 0 Å². The summed E-state index contributed by atoms with van der Waals surface area (Å²) in [6.07, 6.45) is 2.92. The highest BCUT2D eigenvalue weighted by Crippen LogP contribution is 2.14. The van der Waals surface area contributed by atoms with Crippen LogP contribution in [0.4, 0.5) is 0 Å². The van der Waals surface area contributed by atoms with Gasteiger partial charge in [-0.3, -0.25) is 4.98 Å². The van der Waals surface area contributed by atoms with Gasteiger partial charge in [-0.15, -0.1) is 0 Å². The average Bonchev–Trinajstić information content (AvgIpc) is 2.27. The van der Waals surface area contributed by atoms with Gasteiger partial charge in [-0.25, -0.2) is 0 Å². The number of pyridine rings is 1. The van der Waals surface area contributed by atoms with Gasteiger partial charge in [0.2, 0.25) is 0 Å². The largest absolute Gasteiger partial charge is 0.492 e. The molecule has 0 fully saturated rings. The highest BCUT2D eigenvalue weighted by Gasteiger charge is 2.05. The van der Waals surface area contributed by atoms with E-state index in [1.807, 2.05) is 19.1 Å². The van der Waals surface area contributed by atoms with Crippen molar-refractivity contribution in [3.05, 3.63) is 24.0 Å². The second kappa shape index (κ2) is 6.40. The molecule has 84 valence electrons. The summed E-state index contributed by atoms with van der Waals surface area (Å²) in [4.78, 5) is 4.36. The molecule has 3 heteroatoms. The zero-order chi connectivity index (χ0) is 11.1. The number of nitrogens with zero attached hydrogens (tertiary/aromatic N) is 1. The molecule has 0 aliphatic heterocycles. The third-order valence-corrected chi connectivity index (χ3v) is 2.21. The lowest BCUT2D eigenvalue weighted by Gasteiger charge is -2.12. The van der Waals surface area contributed by atoms with Crippen molar-refractivity contribution in [1.29, 1.82) is 0 Å². The van der Waals surface area contributed by atoms with Crippen LogP contribution in [0.5, 0.6) is 5.75 Å². The quantitative estimate of drug-likeness (QED) is 0.780. The molecule has 0 amide bonds. The van der Waals surface area contributed by atoms with Gasteiger partial charge in [-0.05, 0) is 38.9 Å². The Hall–Kier alpha value is -1.09. The van der Waals surface area contributed by atoms with E-state index in [4.69, 9.17) is 4.74 Å². The maximum absolute atomic E-state index is 5.34. The van der Waals surface area contributed by atoms with Crippen LogP contribution in [0, 0.1) is 0 Å². The Morgan fingerprint density at radius 2 is 2.20 bits per heavy atom. The zero-order valence-electron chi connectivity index (χ0n) is 9.79. The minimum absolute atomic E-state index is 0.306. The van der Waals surface area contributed by atoms with Gasteiger partial charge in [0.15, 0.2) is 0 Å². The van der Waals surface area contributed by atoms with Crippen molar-refractivity contribution in [1.82, 2.24) is 10.3 Å². The Labute approximate surface area is 91.9 Å². The molecule has 0 spiro atoms. The van der Waals surface area contributed by atoms with E-state index < -0.39 is 0 Å². The fraction of sp³-hybridized carbons (Fsp3) is 0.583. The lowest BCUT2D eigenvalue weighted by atomic mass is 10.2. The summed E-state index contributed by atoms with van der Waals surface area (Å²) in [5, 5.41) is 3.40. The smallest absolute Gasteiger partial charge is 0.137 e. The molecule has 1 atom stereocenters. The lowest BCUT2D eigenvalue weighted by Crippen LogP contribution is -2.20. The van der Waals surface area contributed by atoms with Crippen LogP contribution in [0.1, 0.15) is 38.9 Å². The highest BCUT2D eigenvalue weighted by molar-refractivity contribution is 5.21. The highest BCUT2D eigenvalue weighted by atomic mass is 16.5. The molecule has 3 nitrogen and oxygen atoms in total. The summed E-state index contributed by atoms with van der Waals surface area (Å²) in [6, 6.07) is 4.29. The number of ether oxygens (including phenoxy) is 1. The Balaban J connectivity index is 2.54. The molecule has 15 heavy (non-hydrogen) atoms. The molecule has 1 heterocycles. The van der Waals surface area contributed by atoms with Gasteiger partial charge < -0.3 is 10.1 Å². The Bertz CT molecular complexity index is 271. The van der Waals surface area contributed by atoms with E-state index in [2.05, 4.69) is 24.1 Å². The normalized spacial score (nSPS) is 12.5. The SMILES string of the molecule is CCCNC(C)c1ccc(OCC)cn1. The first-order valence-electron chi connectivity index (χ1n) is 5.60. The molecule has 0 bridgehead atoms. The molecule has 1 unspecified atom stereocenters. The second-order valence-electron chi connectivity index (χ2n) is 3.53. The fourth-order valence-corrected chi connectivity index (χ4v) is 1.37. The van der Waals surface area contributed by atoms with Gasteiger partial charge in [0.05, 0.1) is 18.5 Å². The van der Waals surface area contributed by atoms with Crippen LogP contribution < -0.4 is 10.1 Å². The maximum Gasteiger partial charge on any atom is 0.137 e. The van der Waals surface area contributed by atoms with Crippen molar-refractivity contribution in [2.24, 2.45) is 0 Å². The monoisotopic (exact) mass is 208 g/mol. The molecule has 0 radical (unpaired) electrons. The molecule has 0 saturated carbocycles. The summed E-state index contributed by atoms with van der Waals surface area (Å²) in [6.45, 7) is 7.96. The van der Waals surface area contributed by atoms with E-state index in [1.165, 1.54) is 0 Å². The molecule has 1 N–H and O–H groups in total. The standard InChI is InChI=1S/C12H20N2O/c1-4-8-13-10(3)12-7-6-11(9-14-12)15-5-2/h6-7,9-10,13H,4-5,8H2,1-3H3. The predicted octanol–water partition coefficient (Wildman–Crippen LogP) is 2.54. The van der Waals surface area contributed by atoms with E-state index in [1.54, 1.807) is 6.20 Å².